The number of hydrogen-bond acceptors (Lipinski definition) is 2. The molecule has 94 valence electrons. The van der Waals surface area contributed by atoms with E-state index < -0.39 is 0 Å². The highest BCUT2D eigenvalue weighted by atomic mass is 16.5. The topological polar surface area (TPSA) is 29.5 Å². The normalized spacial score (nSPS) is 33.4. The summed E-state index contributed by atoms with van der Waals surface area (Å²) in [5, 5.41) is 10.1. The average Bonchev–Trinajstić information content (AvgIpc) is 2.25. The zero-order valence-corrected chi connectivity index (χ0v) is 10.9. The summed E-state index contributed by atoms with van der Waals surface area (Å²) < 4.78 is 6.01. The van der Waals surface area contributed by atoms with Crippen LogP contribution in [0.2, 0.25) is 0 Å². The molecule has 4 unspecified atom stereocenters. The number of para-hydroxylation sites is 1. The Hall–Kier alpha value is -1.02. The molecule has 1 aliphatic carbocycles. The monoisotopic (exact) mass is 234 g/mol. The lowest BCUT2D eigenvalue weighted by atomic mass is 9.79. The molecule has 0 amide bonds. The molecule has 2 heteroatoms. The summed E-state index contributed by atoms with van der Waals surface area (Å²) in [6, 6.07) is 8.00. The van der Waals surface area contributed by atoms with E-state index >= 15 is 0 Å². The second kappa shape index (κ2) is 5.09. The first kappa shape index (κ1) is 12.4. The van der Waals surface area contributed by atoms with Gasteiger partial charge in [-0.3, -0.25) is 0 Å². The maximum Gasteiger partial charge on any atom is 0.127 e. The summed E-state index contributed by atoms with van der Waals surface area (Å²) in [5.74, 6) is 1.91. The molecule has 1 N–H and O–H groups in total. The van der Waals surface area contributed by atoms with E-state index in [9.17, 15) is 5.11 Å². The van der Waals surface area contributed by atoms with Crippen molar-refractivity contribution in [1.82, 2.24) is 0 Å². The van der Waals surface area contributed by atoms with Crippen LogP contribution in [0.1, 0.15) is 32.3 Å². The predicted octanol–water partition coefficient (Wildman–Crippen LogP) is 3.17. The van der Waals surface area contributed by atoms with Crippen molar-refractivity contribution >= 4 is 0 Å². The maximum atomic E-state index is 10.1. The molecular formula is C15H22O2. The van der Waals surface area contributed by atoms with Gasteiger partial charge in [-0.05, 0) is 43.2 Å². The van der Waals surface area contributed by atoms with Gasteiger partial charge in [0.25, 0.3) is 0 Å². The second-order valence-electron chi connectivity index (χ2n) is 5.47. The largest absolute Gasteiger partial charge is 0.487 e. The van der Waals surface area contributed by atoms with E-state index in [1.807, 2.05) is 31.2 Å². The molecule has 0 heterocycles. The highest BCUT2D eigenvalue weighted by molar-refractivity contribution is 5.32. The molecule has 1 aliphatic rings. The summed E-state index contributed by atoms with van der Waals surface area (Å²) in [5.41, 5.74) is 1.13. The fourth-order valence-corrected chi connectivity index (χ4v) is 2.82. The van der Waals surface area contributed by atoms with Gasteiger partial charge < -0.3 is 9.84 Å². The Bertz CT molecular complexity index is 363. The van der Waals surface area contributed by atoms with Crippen molar-refractivity contribution in [3.8, 4) is 5.75 Å². The van der Waals surface area contributed by atoms with E-state index in [0.717, 1.165) is 24.2 Å². The van der Waals surface area contributed by atoms with Crippen LogP contribution in [0.25, 0.3) is 0 Å². The molecule has 2 nitrogen and oxygen atoms in total. The molecule has 0 bridgehead atoms. The van der Waals surface area contributed by atoms with Gasteiger partial charge in [0, 0.05) is 0 Å². The van der Waals surface area contributed by atoms with Crippen LogP contribution >= 0.6 is 0 Å². The van der Waals surface area contributed by atoms with Crippen molar-refractivity contribution in [3.05, 3.63) is 29.8 Å². The van der Waals surface area contributed by atoms with Gasteiger partial charge in [-0.15, -0.1) is 0 Å². The van der Waals surface area contributed by atoms with Crippen LogP contribution < -0.4 is 4.74 Å². The third kappa shape index (κ3) is 2.81. The van der Waals surface area contributed by atoms with Gasteiger partial charge in [-0.2, -0.15) is 0 Å². The van der Waals surface area contributed by atoms with E-state index in [1.54, 1.807) is 0 Å². The zero-order valence-electron chi connectivity index (χ0n) is 10.9. The average molecular weight is 234 g/mol. The van der Waals surface area contributed by atoms with Gasteiger partial charge in [-0.1, -0.05) is 32.0 Å². The molecule has 1 fully saturated rings. The fourth-order valence-electron chi connectivity index (χ4n) is 2.82. The van der Waals surface area contributed by atoms with Crippen LogP contribution in [0.5, 0.6) is 5.75 Å². The standard InChI is InChI=1S/C15H22O2/c1-10-8-12(3)15(13(16)9-10)17-14-7-5-4-6-11(14)2/h4-7,10,12-13,15-16H,8-9H2,1-3H3. The SMILES string of the molecule is Cc1ccccc1OC1C(C)CC(C)CC1O. The zero-order chi connectivity index (χ0) is 12.4. The minimum absolute atomic E-state index is 0.0627. The van der Waals surface area contributed by atoms with Crippen LogP contribution in [0.3, 0.4) is 0 Å². The summed E-state index contributed by atoms with van der Waals surface area (Å²) in [7, 11) is 0. The van der Waals surface area contributed by atoms with Crippen molar-refractivity contribution < 1.29 is 9.84 Å². The lowest BCUT2D eigenvalue weighted by Gasteiger charge is -2.37. The minimum atomic E-state index is -0.339. The Morgan fingerprint density at radius 1 is 1.18 bits per heavy atom. The van der Waals surface area contributed by atoms with Gasteiger partial charge in [0.2, 0.25) is 0 Å². The van der Waals surface area contributed by atoms with E-state index in [2.05, 4.69) is 13.8 Å². The van der Waals surface area contributed by atoms with E-state index in [-0.39, 0.29) is 12.2 Å². The number of hydrogen-bond donors (Lipinski definition) is 1. The third-order valence-corrected chi connectivity index (χ3v) is 3.71. The minimum Gasteiger partial charge on any atom is -0.487 e. The molecule has 1 aromatic carbocycles. The highest BCUT2D eigenvalue weighted by Gasteiger charge is 2.34. The molecule has 1 saturated carbocycles. The lowest BCUT2D eigenvalue weighted by molar-refractivity contribution is -0.0391. The molecule has 0 spiro atoms. The quantitative estimate of drug-likeness (QED) is 0.851. The first-order valence-electron chi connectivity index (χ1n) is 6.48. The molecule has 0 saturated heterocycles. The van der Waals surface area contributed by atoms with Crippen LogP contribution in [0.15, 0.2) is 24.3 Å². The molecule has 1 aromatic rings. The summed E-state index contributed by atoms with van der Waals surface area (Å²) in [6.07, 6.45) is 1.58. The summed E-state index contributed by atoms with van der Waals surface area (Å²) >= 11 is 0. The van der Waals surface area contributed by atoms with E-state index in [1.165, 1.54) is 0 Å². The third-order valence-electron chi connectivity index (χ3n) is 3.71. The van der Waals surface area contributed by atoms with Gasteiger partial charge in [0.1, 0.15) is 11.9 Å². The number of aryl methyl sites for hydroxylation is 1. The van der Waals surface area contributed by atoms with Gasteiger partial charge >= 0.3 is 0 Å². The van der Waals surface area contributed by atoms with Crippen molar-refractivity contribution in [2.24, 2.45) is 11.8 Å². The van der Waals surface area contributed by atoms with Gasteiger partial charge in [0.15, 0.2) is 0 Å². The number of ether oxygens (including phenoxy) is 1. The number of benzene rings is 1. The molecule has 4 atom stereocenters. The van der Waals surface area contributed by atoms with E-state index in [0.29, 0.717) is 11.8 Å². The van der Waals surface area contributed by atoms with Crippen LogP contribution in [0, 0.1) is 18.8 Å². The fraction of sp³-hybridized carbons (Fsp3) is 0.600. The Morgan fingerprint density at radius 2 is 1.88 bits per heavy atom. The van der Waals surface area contributed by atoms with E-state index in [4.69, 9.17) is 4.74 Å². The summed E-state index contributed by atoms with van der Waals surface area (Å²) in [6.45, 7) is 6.41. The maximum absolute atomic E-state index is 10.1. The predicted molar refractivity (Wildman–Crippen MR) is 69.2 cm³/mol. The second-order valence-corrected chi connectivity index (χ2v) is 5.47. The van der Waals surface area contributed by atoms with Gasteiger partial charge in [-0.25, -0.2) is 0 Å². The number of rotatable bonds is 2. The lowest BCUT2D eigenvalue weighted by Crippen LogP contribution is -2.43. The Labute approximate surface area is 104 Å². The summed E-state index contributed by atoms with van der Waals surface area (Å²) in [4.78, 5) is 0. The van der Waals surface area contributed by atoms with Crippen molar-refractivity contribution in [2.75, 3.05) is 0 Å². The molecule has 17 heavy (non-hydrogen) atoms. The van der Waals surface area contributed by atoms with Crippen molar-refractivity contribution in [1.29, 1.82) is 0 Å². The molecule has 0 aromatic heterocycles. The molecule has 0 aliphatic heterocycles. The van der Waals surface area contributed by atoms with Gasteiger partial charge in [0.05, 0.1) is 6.10 Å². The Morgan fingerprint density at radius 3 is 2.53 bits per heavy atom. The van der Waals surface area contributed by atoms with Crippen LogP contribution in [0.4, 0.5) is 0 Å². The smallest absolute Gasteiger partial charge is 0.127 e. The molecular weight excluding hydrogens is 212 g/mol. The van der Waals surface area contributed by atoms with Crippen LogP contribution in [-0.4, -0.2) is 17.3 Å². The number of aliphatic hydroxyl groups excluding tert-OH is 1. The Balaban J connectivity index is 2.10. The first-order chi connectivity index (χ1) is 8.08. The highest BCUT2D eigenvalue weighted by Crippen LogP contribution is 2.32. The van der Waals surface area contributed by atoms with Crippen LogP contribution in [-0.2, 0) is 0 Å². The van der Waals surface area contributed by atoms with Crippen molar-refractivity contribution in [3.63, 3.8) is 0 Å². The Kier molecular flexibility index (Phi) is 3.72. The molecule has 2 rings (SSSR count). The number of aliphatic hydroxyl groups is 1. The first-order valence-corrected chi connectivity index (χ1v) is 6.48. The van der Waals surface area contributed by atoms with Crippen molar-refractivity contribution in [2.45, 2.75) is 45.8 Å². The molecule has 0 radical (unpaired) electrons.